The Morgan fingerprint density at radius 2 is 2.17 bits per heavy atom. The maximum Gasteiger partial charge on any atom is 0.137 e. The quantitative estimate of drug-likeness (QED) is 0.691. The Morgan fingerprint density at radius 3 is 2.67 bits per heavy atom. The van der Waals surface area contributed by atoms with E-state index in [0.29, 0.717) is 0 Å². The fraction of sp³-hybridized carbons (Fsp3) is 0.667. The first kappa shape index (κ1) is 9.26. The summed E-state index contributed by atoms with van der Waals surface area (Å²) in [7, 11) is 1.97. The van der Waals surface area contributed by atoms with Gasteiger partial charge in [0.25, 0.3) is 0 Å². The van der Waals surface area contributed by atoms with Gasteiger partial charge in [-0.2, -0.15) is 0 Å². The molecule has 0 saturated heterocycles. The number of aromatic nitrogens is 1. The van der Waals surface area contributed by atoms with Crippen molar-refractivity contribution in [2.24, 2.45) is 0 Å². The lowest BCUT2D eigenvalue weighted by molar-refractivity contribution is 0.392. The highest BCUT2D eigenvalue weighted by molar-refractivity contribution is 5.20. The first-order valence-corrected chi connectivity index (χ1v) is 4.32. The van der Waals surface area contributed by atoms with Gasteiger partial charge in [0.2, 0.25) is 0 Å². The number of hydrogen-bond acceptors (Lipinski definition) is 3. The molecule has 1 heterocycles. The van der Waals surface area contributed by atoms with Crippen LogP contribution in [0.1, 0.15) is 23.4 Å². The van der Waals surface area contributed by atoms with Crippen LogP contribution in [0.15, 0.2) is 4.52 Å². The van der Waals surface area contributed by atoms with Crippen molar-refractivity contribution < 1.29 is 4.52 Å². The smallest absolute Gasteiger partial charge is 0.137 e. The van der Waals surface area contributed by atoms with Crippen LogP contribution in [-0.4, -0.2) is 18.7 Å². The highest BCUT2D eigenvalue weighted by Gasteiger charge is 2.07. The Kier molecular flexibility index (Phi) is 3.29. The fourth-order valence-corrected chi connectivity index (χ4v) is 1.30. The summed E-state index contributed by atoms with van der Waals surface area (Å²) in [4.78, 5) is 0. The van der Waals surface area contributed by atoms with E-state index in [2.05, 4.69) is 10.5 Å². The summed E-state index contributed by atoms with van der Waals surface area (Å²) in [5, 5.41) is 7.02. The van der Waals surface area contributed by atoms with Crippen molar-refractivity contribution in [3.05, 3.63) is 17.0 Å². The SMILES string of the molecule is CNCCCc1c(C)noc1C. The maximum absolute atomic E-state index is 5.06. The molecule has 0 unspecified atom stereocenters. The third-order valence-corrected chi connectivity index (χ3v) is 2.03. The molecule has 1 aromatic rings. The van der Waals surface area contributed by atoms with Gasteiger partial charge in [-0.25, -0.2) is 0 Å². The van der Waals surface area contributed by atoms with Crippen LogP contribution < -0.4 is 5.32 Å². The van der Waals surface area contributed by atoms with Crippen LogP contribution in [0.4, 0.5) is 0 Å². The zero-order chi connectivity index (χ0) is 8.97. The third kappa shape index (κ3) is 2.08. The van der Waals surface area contributed by atoms with Crippen LogP contribution in [0.5, 0.6) is 0 Å². The van der Waals surface area contributed by atoms with Crippen molar-refractivity contribution in [2.45, 2.75) is 26.7 Å². The van der Waals surface area contributed by atoms with Gasteiger partial charge in [-0.15, -0.1) is 0 Å². The number of hydrogen-bond donors (Lipinski definition) is 1. The van der Waals surface area contributed by atoms with E-state index in [9.17, 15) is 0 Å². The average Bonchev–Trinajstić information content (AvgIpc) is 2.35. The fourth-order valence-electron chi connectivity index (χ4n) is 1.30. The third-order valence-electron chi connectivity index (χ3n) is 2.03. The second-order valence-electron chi connectivity index (χ2n) is 3.01. The normalized spacial score (nSPS) is 10.6. The zero-order valence-electron chi connectivity index (χ0n) is 7.98. The van der Waals surface area contributed by atoms with Crippen molar-refractivity contribution in [3.8, 4) is 0 Å². The van der Waals surface area contributed by atoms with Gasteiger partial charge < -0.3 is 9.84 Å². The van der Waals surface area contributed by atoms with Gasteiger partial charge in [0, 0.05) is 5.56 Å². The second kappa shape index (κ2) is 4.26. The molecule has 1 rings (SSSR count). The van der Waals surface area contributed by atoms with Gasteiger partial charge in [0.15, 0.2) is 0 Å². The molecule has 3 heteroatoms. The van der Waals surface area contributed by atoms with E-state index in [-0.39, 0.29) is 0 Å². The van der Waals surface area contributed by atoms with E-state index in [0.717, 1.165) is 30.8 Å². The molecule has 0 spiro atoms. The number of aryl methyl sites for hydroxylation is 2. The van der Waals surface area contributed by atoms with E-state index in [1.165, 1.54) is 5.56 Å². The zero-order valence-corrected chi connectivity index (χ0v) is 7.98. The number of nitrogens with one attached hydrogen (secondary N) is 1. The summed E-state index contributed by atoms with van der Waals surface area (Å²) in [6.07, 6.45) is 2.20. The first-order valence-electron chi connectivity index (χ1n) is 4.32. The molecule has 0 aliphatic carbocycles. The maximum atomic E-state index is 5.06. The summed E-state index contributed by atoms with van der Waals surface area (Å²) in [5.74, 6) is 0.962. The van der Waals surface area contributed by atoms with E-state index in [1.807, 2.05) is 20.9 Å². The van der Waals surface area contributed by atoms with Crippen LogP contribution >= 0.6 is 0 Å². The van der Waals surface area contributed by atoms with Crippen molar-refractivity contribution >= 4 is 0 Å². The Bertz CT molecular complexity index is 223. The highest BCUT2D eigenvalue weighted by atomic mass is 16.5. The molecule has 0 bridgehead atoms. The van der Waals surface area contributed by atoms with Crippen molar-refractivity contribution in [3.63, 3.8) is 0 Å². The van der Waals surface area contributed by atoms with Crippen LogP contribution in [0, 0.1) is 13.8 Å². The van der Waals surface area contributed by atoms with E-state index in [4.69, 9.17) is 4.52 Å². The minimum absolute atomic E-state index is 0.962. The minimum atomic E-state index is 0.962. The Morgan fingerprint density at radius 1 is 1.42 bits per heavy atom. The Hall–Kier alpha value is -0.830. The molecule has 0 aliphatic heterocycles. The van der Waals surface area contributed by atoms with E-state index >= 15 is 0 Å². The number of rotatable bonds is 4. The molecule has 0 amide bonds. The van der Waals surface area contributed by atoms with Gasteiger partial charge in [0.05, 0.1) is 5.69 Å². The Balaban J connectivity index is 2.50. The van der Waals surface area contributed by atoms with Crippen molar-refractivity contribution in [1.29, 1.82) is 0 Å². The first-order chi connectivity index (χ1) is 5.75. The molecule has 0 saturated carbocycles. The molecule has 1 aromatic heterocycles. The average molecular weight is 168 g/mol. The van der Waals surface area contributed by atoms with Crippen molar-refractivity contribution in [1.82, 2.24) is 10.5 Å². The summed E-state index contributed by atoms with van der Waals surface area (Å²) in [6, 6.07) is 0. The molecular formula is C9H16N2O. The summed E-state index contributed by atoms with van der Waals surface area (Å²) in [6.45, 7) is 5.00. The lowest BCUT2D eigenvalue weighted by Gasteiger charge is -1.98. The number of nitrogens with zero attached hydrogens (tertiary/aromatic N) is 1. The molecule has 12 heavy (non-hydrogen) atoms. The van der Waals surface area contributed by atoms with E-state index < -0.39 is 0 Å². The second-order valence-corrected chi connectivity index (χ2v) is 3.01. The summed E-state index contributed by atoms with van der Waals surface area (Å²) >= 11 is 0. The van der Waals surface area contributed by atoms with Gasteiger partial charge in [-0.1, -0.05) is 5.16 Å². The highest BCUT2D eigenvalue weighted by Crippen LogP contribution is 2.13. The summed E-state index contributed by atoms with van der Waals surface area (Å²) in [5.41, 5.74) is 2.30. The molecule has 68 valence electrons. The van der Waals surface area contributed by atoms with Crippen LogP contribution in [-0.2, 0) is 6.42 Å². The minimum Gasteiger partial charge on any atom is -0.361 e. The molecule has 0 atom stereocenters. The van der Waals surface area contributed by atoms with Crippen LogP contribution in [0.2, 0.25) is 0 Å². The Labute approximate surface area is 73.1 Å². The standard InChI is InChI=1S/C9H16N2O/c1-7-9(5-4-6-10-3)8(2)12-11-7/h10H,4-6H2,1-3H3. The van der Waals surface area contributed by atoms with Crippen LogP contribution in [0.25, 0.3) is 0 Å². The monoisotopic (exact) mass is 168 g/mol. The van der Waals surface area contributed by atoms with Gasteiger partial charge >= 0.3 is 0 Å². The predicted molar refractivity (Wildman–Crippen MR) is 48.2 cm³/mol. The lowest BCUT2D eigenvalue weighted by atomic mass is 10.1. The molecule has 3 nitrogen and oxygen atoms in total. The molecule has 0 aliphatic rings. The summed E-state index contributed by atoms with van der Waals surface area (Å²) < 4.78 is 5.06. The predicted octanol–water partition coefficient (Wildman–Crippen LogP) is 1.44. The molecule has 1 N–H and O–H groups in total. The van der Waals surface area contributed by atoms with Crippen LogP contribution in [0.3, 0.4) is 0 Å². The van der Waals surface area contributed by atoms with Crippen molar-refractivity contribution in [2.75, 3.05) is 13.6 Å². The molecule has 0 fully saturated rings. The molecule has 0 aromatic carbocycles. The van der Waals surface area contributed by atoms with Gasteiger partial charge in [0.1, 0.15) is 5.76 Å². The topological polar surface area (TPSA) is 38.1 Å². The molecular weight excluding hydrogens is 152 g/mol. The van der Waals surface area contributed by atoms with E-state index in [1.54, 1.807) is 0 Å². The van der Waals surface area contributed by atoms with Gasteiger partial charge in [-0.05, 0) is 40.3 Å². The molecule has 0 radical (unpaired) electrons. The lowest BCUT2D eigenvalue weighted by Crippen LogP contribution is -2.08. The van der Waals surface area contributed by atoms with Gasteiger partial charge in [-0.3, -0.25) is 0 Å². The largest absolute Gasteiger partial charge is 0.361 e.